The summed E-state index contributed by atoms with van der Waals surface area (Å²) in [6.45, 7) is 4.07. The second-order valence-electron chi connectivity index (χ2n) is 8.16. The summed E-state index contributed by atoms with van der Waals surface area (Å²) in [6.07, 6.45) is 6.26. The van der Waals surface area contributed by atoms with Crippen LogP contribution in [0.25, 0.3) is 0 Å². The highest BCUT2D eigenvalue weighted by Crippen LogP contribution is 2.54. The number of Topliss-reactive ketones (excluding diaryl/α,β-unsaturated/α-hetero) is 1. The molecule has 5 rings (SSSR count). The minimum atomic E-state index is -0.527. The van der Waals surface area contributed by atoms with Gasteiger partial charge < -0.3 is 0 Å². The first-order chi connectivity index (χ1) is 12.0. The zero-order valence-corrected chi connectivity index (χ0v) is 15.1. The number of nitrogens with zero attached hydrogens (tertiary/aromatic N) is 2. The predicted octanol–water partition coefficient (Wildman–Crippen LogP) is 3.92. The van der Waals surface area contributed by atoms with Crippen LogP contribution < -0.4 is 0 Å². The number of benzene rings is 1. The van der Waals surface area contributed by atoms with Gasteiger partial charge in [0.15, 0.2) is 5.78 Å². The van der Waals surface area contributed by atoms with Gasteiger partial charge >= 0.3 is 0 Å². The van der Waals surface area contributed by atoms with Gasteiger partial charge in [-0.2, -0.15) is 5.10 Å². The molecule has 0 unspecified atom stereocenters. The lowest BCUT2D eigenvalue weighted by molar-refractivity contribution is -0.140. The van der Waals surface area contributed by atoms with E-state index < -0.39 is 5.41 Å². The minimum absolute atomic E-state index is 0.0202. The van der Waals surface area contributed by atoms with E-state index in [0.29, 0.717) is 17.4 Å². The van der Waals surface area contributed by atoms with Crippen molar-refractivity contribution in [1.82, 2.24) is 5.01 Å². The molecular formula is C21H26N2O2. The van der Waals surface area contributed by atoms with E-state index in [1.54, 1.807) is 12.1 Å². The number of ketones is 1. The van der Waals surface area contributed by atoms with E-state index in [9.17, 15) is 9.59 Å². The third-order valence-corrected chi connectivity index (χ3v) is 6.88. The zero-order valence-electron chi connectivity index (χ0n) is 15.1. The number of hydrogen-bond acceptors (Lipinski definition) is 3. The fourth-order valence-electron chi connectivity index (χ4n) is 5.22. The molecule has 0 radical (unpaired) electrons. The maximum Gasteiger partial charge on any atom is 0.255 e. The number of rotatable bonds is 4. The van der Waals surface area contributed by atoms with Gasteiger partial charge in [-0.25, -0.2) is 5.01 Å². The van der Waals surface area contributed by atoms with E-state index in [0.717, 1.165) is 18.1 Å². The summed E-state index contributed by atoms with van der Waals surface area (Å²) < 4.78 is 0. The van der Waals surface area contributed by atoms with Crippen molar-refractivity contribution in [3.63, 3.8) is 0 Å². The minimum Gasteiger partial charge on any atom is -0.292 e. The number of hydrogen-bond donors (Lipinski definition) is 0. The lowest BCUT2D eigenvalue weighted by Gasteiger charge is -2.48. The summed E-state index contributed by atoms with van der Waals surface area (Å²) in [6, 6.07) is 9.15. The Hall–Kier alpha value is -1.97. The second kappa shape index (κ2) is 6.08. The highest BCUT2D eigenvalue weighted by atomic mass is 16.2. The molecule has 1 aromatic rings. The molecule has 1 heterocycles. The molecule has 4 aliphatic rings. The van der Waals surface area contributed by atoms with E-state index in [1.165, 1.54) is 30.7 Å². The van der Waals surface area contributed by atoms with Crippen molar-refractivity contribution in [2.24, 2.45) is 28.3 Å². The summed E-state index contributed by atoms with van der Waals surface area (Å²) in [4.78, 5) is 25.7. The summed E-state index contributed by atoms with van der Waals surface area (Å²) in [5, 5.41) is 5.95. The summed E-state index contributed by atoms with van der Waals surface area (Å²) in [7, 11) is 0. The monoisotopic (exact) mass is 338 g/mol. The van der Waals surface area contributed by atoms with E-state index in [-0.39, 0.29) is 18.2 Å². The molecule has 4 nitrogen and oxygen atoms in total. The van der Waals surface area contributed by atoms with Crippen LogP contribution in [0.15, 0.2) is 35.4 Å². The molecular weight excluding hydrogens is 312 g/mol. The highest BCUT2D eigenvalue weighted by molar-refractivity contribution is 6.12. The van der Waals surface area contributed by atoms with Crippen molar-refractivity contribution in [3.8, 4) is 0 Å². The van der Waals surface area contributed by atoms with Gasteiger partial charge in [0, 0.05) is 5.56 Å². The molecule has 25 heavy (non-hydrogen) atoms. The fraction of sp³-hybridized carbons (Fsp3) is 0.571. The predicted molar refractivity (Wildman–Crippen MR) is 97.3 cm³/mol. The molecule has 1 aliphatic heterocycles. The molecule has 3 fully saturated rings. The Balaban J connectivity index is 1.54. The quantitative estimate of drug-likeness (QED) is 0.781. The van der Waals surface area contributed by atoms with Crippen LogP contribution >= 0.6 is 0 Å². The summed E-state index contributed by atoms with van der Waals surface area (Å²) in [5.74, 6) is 1.75. The number of carbonyl (C=O) groups is 2. The van der Waals surface area contributed by atoms with Crippen molar-refractivity contribution >= 4 is 17.4 Å². The SMILES string of the molecule is CC1=NN(CC(=O)c2ccccc2)C(=O)[C@@]1(C)[C@@H]1C[C@H]2CC[C@@H]1CC2. The van der Waals surface area contributed by atoms with Crippen LogP contribution in [0.4, 0.5) is 0 Å². The lowest BCUT2D eigenvalue weighted by Crippen LogP contribution is -2.49. The van der Waals surface area contributed by atoms with Crippen LogP contribution in [-0.2, 0) is 4.79 Å². The summed E-state index contributed by atoms with van der Waals surface area (Å²) in [5.41, 5.74) is 0.991. The Morgan fingerprint density at radius 3 is 2.48 bits per heavy atom. The molecule has 0 aromatic heterocycles. The normalized spacial score (nSPS) is 34.3. The van der Waals surface area contributed by atoms with Gasteiger partial charge in [-0.05, 0) is 50.9 Å². The Kier molecular flexibility index (Phi) is 4.01. The van der Waals surface area contributed by atoms with E-state index in [2.05, 4.69) is 12.0 Å². The number of hydrazone groups is 1. The molecule has 132 valence electrons. The van der Waals surface area contributed by atoms with Gasteiger partial charge in [0.2, 0.25) is 0 Å². The average Bonchev–Trinajstić information content (AvgIpc) is 2.88. The Labute approximate surface area is 149 Å². The Bertz CT molecular complexity index is 719. The van der Waals surface area contributed by atoms with Crippen LogP contribution in [-0.4, -0.2) is 29.0 Å². The van der Waals surface area contributed by atoms with Crippen molar-refractivity contribution in [2.75, 3.05) is 6.54 Å². The van der Waals surface area contributed by atoms with E-state index >= 15 is 0 Å². The van der Waals surface area contributed by atoms with Gasteiger partial charge in [0.05, 0.1) is 11.1 Å². The third-order valence-electron chi connectivity index (χ3n) is 6.88. The van der Waals surface area contributed by atoms with Crippen LogP contribution in [0.1, 0.15) is 56.3 Å². The standard InChI is InChI=1S/C21H26N2O2/c1-14-21(2,18-12-15-8-10-16(18)11-9-15)20(25)23(22-14)13-19(24)17-6-4-3-5-7-17/h3-7,15-16,18H,8-13H2,1-2H3/t15-,16+,18-,21-/m1/s1. The largest absolute Gasteiger partial charge is 0.292 e. The molecule has 0 spiro atoms. The molecule has 0 saturated heterocycles. The third kappa shape index (κ3) is 2.62. The van der Waals surface area contributed by atoms with Gasteiger partial charge in [0.1, 0.15) is 6.54 Å². The van der Waals surface area contributed by atoms with Crippen LogP contribution in [0.3, 0.4) is 0 Å². The summed E-state index contributed by atoms with van der Waals surface area (Å²) >= 11 is 0. The Morgan fingerprint density at radius 1 is 1.20 bits per heavy atom. The van der Waals surface area contributed by atoms with Gasteiger partial charge in [-0.1, -0.05) is 43.2 Å². The molecule has 3 aliphatic carbocycles. The molecule has 1 amide bonds. The lowest BCUT2D eigenvalue weighted by atomic mass is 9.55. The van der Waals surface area contributed by atoms with E-state index in [4.69, 9.17) is 0 Å². The topological polar surface area (TPSA) is 49.7 Å². The van der Waals surface area contributed by atoms with Crippen LogP contribution in [0.2, 0.25) is 0 Å². The second-order valence-corrected chi connectivity index (χ2v) is 8.16. The molecule has 2 bridgehead atoms. The van der Waals surface area contributed by atoms with Crippen molar-refractivity contribution < 1.29 is 9.59 Å². The first kappa shape index (κ1) is 16.5. The zero-order chi connectivity index (χ0) is 17.6. The van der Waals surface area contributed by atoms with Crippen LogP contribution in [0, 0.1) is 23.2 Å². The van der Waals surface area contributed by atoms with Gasteiger partial charge in [-0.3, -0.25) is 9.59 Å². The number of carbonyl (C=O) groups excluding carboxylic acids is 2. The maximum atomic E-state index is 13.2. The number of fused-ring (bicyclic) bond motifs is 3. The molecule has 3 saturated carbocycles. The fourth-order valence-corrected chi connectivity index (χ4v) is 5.22. The van der Waals surface area contributed by atoms with E-state index in [1.807, 2.05) is 25.1 Å². The van der Waals surface area contributed by atoms with Gasteiger partial charge in [-0.15, -0.1) is 0 Å². The molecule has 4 heteroatoms. The Morgan fingerprint density at radius 2 is 1.88 bits per heavy atom. The van der Waals surface area contributed by atoms with Crippen molar-refractivity contribution in [2.45, 2.75) is 46.0 Å². The molecule has 1 aromatic carbocycles. The highest BCUT2D eigenvalue weighted by Gasteiger charge is 2.55. The molecule has 2 atom stereocenters. The maximum absolute atomic E-state index is 13.2. The van der Waals surface area contributed by atoms with Crippen LogP contribution in [0.5, 0.6) is 0 Å². The van der Waals surface area contributed by atoms with Gasteiger partial charge in [0.25, 0.3) is 5.91 Å². The number of amides is 1. The average molecular weight is 338 g/mol. The first-order valence-electron chi connectivity index (χ1n) is 9.46. The molecule has 0 N–H and O–H groups in total. The smallest absolute Gasteiger partial charge is 0.255 e. The van der Waals surface area contributed by atoms with Crippen molar-refractivity contribution in [1.29, 1.82) is 0 Å². The van der Waals surface area contributed by atoms with Crippen molar-refractivity contribution in [3.05, 3.63) is 35.9 Å². The first-order valence-corrected chi connectivity index (χ1v) is 9.46.